The first-order chi connectivity index (χ1) is 9.86. The zero-order valence-corrected chi connectivity index (χ0v) is 11.1. The Morgan fingerprint density at radius 3 is 2.90 bits per heavy atom. The van der Waals surface area contributed by atoms with Crippen LogP contribution in [0.2, 0.25) is 0 Å². The predicted molar refractivity (Wildman–Crippen MR) is 69.5 cm³/mol. The molecule has 0 aliphatic carbocycles. The summed E-state index contributed by atoms with van der Waals surface area (Å²) in [6.45, 7) is 0.860. The number of hydrogen-bond acceptors (Lipinski definition) is 7. The maximum atomic E-state index is 13.9. The van der Waals surface area contributed by atoms with Crippen molar-refractivity contribution < 1.29 is 24.4 Å². The van der Waals surface area contributed by atoms with Gasteiger partial charge in [0.1, 0.15) is 17.8 Å². The first-order valence-corrected chi connectivity index (χ1v) is 6.31. The van der Waals surface area contributed by atoms with Crippen molar-refractivity contribution >= 4 is 17.0 Å². The van der Waals surface area contributed by atoms with E-state index in [1.165, 1.54) is 17.7 Å². The molecule has 5 N–H and O–H groups in total. The van der Waals surface area contributed by atoms with Gasteiger partial charge < -0.3 is 25.8 Å². The van der Waals surface area contributed by atoms with Gasteiger partial charge in [0, 0.05) is 12.4 Å². The molecule has 4 atom stereocenters. The number of nitrogen functional groups attached to an aromatic ring is 1. The van der Waals surface area contributed by atoms with Crippen LogP contribution in [0.5, 0.6) is 0 Å². The summed E-state index contributed by atoms with van der Waals surface area (Å²) >= 11 is 0. The lowest BCUT2D eigenvalue weighted by atomic mass is 9.96. The van der Waals surface area contributed by atoms with Crippen LogP contribution in [0.4, 0.5) is 10.3 Å². The molecule has 21 heavy (non-hydrogen) atoms. The molecule has 0 radical (unpaired) electrons. The van der Waals surface area contributed by atoms with E-state index in [1.807, 2.05) is 0 Å². The number of fused-ring (bicyclic) bond motifs is 1. The van der Waals surface area contributed by atoms with Crippen molar-refractivity contribution in [3.05, 3.63) is 18.2 Å². The quantitative estimate of drug-likeness (QED) is 0.569. The molecule has 0 amide bonds. The third-order valence-electron chi connectivity index (χ3n) is 3.73. The lowest BCUT2D eigenvalue weighted by Gasteiger charge is -2.27. The van der Waals surface area contributed by atoms with Gasteiger partial charge in [-0.25, -0.2) is 9.37 Å². The summed E-state index contributed by atoms with van der Waals surface area (Å²) in [6, 6.07) is 0. The van der Waals surface area contributed by atoms with Crippen LogP contribution in [0, 0.1) is 5.82 Å². The zero-order chi connectivity index (χ0) is 15.4. The van der Waals surface area contributed by atoms with Crippen molar-refractivity contribution in [2.24, 2.45) is 0 Å². The molecule has 0 unspecified atom stereocenters. The average molecular weight is 298 g/mol. The number of nitrogens with two attached hydrogens (primary N) is 1. The molecule has 2 aromatic rings. The molecule has 1 fully saturated rings. The summed E-state index contributed by atoms with van der Waals surface area (Å²) in [7, 11) is 0. The van der Waals surface area contributed by atoms with Crippen LogP contribution >= 0.6 is 0 Å². The van der Waals surface area contributed by atoms with Crippen LogP contribution in [0.25, 0.3) is 11.0 Å². The normalized spacial score (nSPS) is 32.9. The Morgan fingerprint density at radius 1 is 1.57 bits per heavy atom. The fraction of sp³-hybridized carbons (Fsp3) is 0.500. The number of aromatic nitrogens is 3. The Bertz CT molecular complexity index is 689. The van der Waals surface area contributed by atoms with Gasteiger partial charge in [-0.2, -0.15) is 4.98 Å². The van der Waals surface area contributed by atoms with Crippen molar-refractivity contribution in [3.63, 3.8) is 0 Å². The number of aliphatic hydroxyl groups is 3. The predicted octanol–water partition coefficient (Wildman–Crippen LogP) is -0.846. The molecule has 1 saturated heterocycles. The van der Waals surface area contributed by atoms with E-state index in [4.69, 9.17) is 10.5 Å². The van der Waals surface area contributed by atoms with Crippen LogP contribution < -0.4 is 5.73 Å². The Kier molecular flexibility index (Phi) is 3.10. The maximum absolute atomic E-state index is 13.9. The van der Waals surface area contributed by atoms with Crippen LogP contribution in [0.1, 0.15) is 13.2 Å². The van der Waals surface area contributed by atoms with Gasteiger partial charge in [-0.05, 0) is 6.92 Å². The van der Waals surface area contributed by atoms with Gasteiger partial charge in [-0.3, -0.25) is 4.57 Å². The maximum Gasteiger partial charge on any atom is 0.221 e. The molecule has 0 saturated carbocycles. The molecule has 3 heterocycles. The molecule has 0 spiro atoms. The third kappa shape index (κ3) is 1.97. The Hall–Kier alpha value is -1.81. The van der Waals surface area contributed by atoms with Gasteiger partial charge in [0.05, 0.1) is 12.0 Å². The lowest BCUT2D eigenvalue weighted by Crippen LogP contribution is -2.44. The number of anilines is 1. The number of halogens is 1. The highest BCUT2D eigenvalue weighted by molar-refractivity contribution is 5.77. The summed E-state index contributed by atoms with van der Waals surface area (Å²) < 4.78 is 20.6. The van der Waals surface area contributed by atoms with Gasteiger partial charge in [-0.15, -0.1) is 0 Å². The van der Waals surface area contributed by atoms with Gasteiger partial charge in [0.2, 0.25) is 5.95 Å². The molecule has 0 bridgehead atoms. The van der Waals surface area contributed by atoms with Crippen molar-refractivity contribution in [2.75, 3.05) is 12.3 Å². The van der Waals surface area contributed by atoms with E-state index < -0.39 is 36.5 Å². The van der Waals surface area contributed by atoms with E-state index in [1.54, 1.807) is 0 Å². The number of aliphatic hydroxyl groups excluding tert-OH is 2. The molecule has 1 aliphatic heterocycles. The second-order valence-corrected chi connectivity index (χ2v) is 5.23. The molecule has 9 heteroatoms. The highest BCUT2D eigenvalue weighted by atomic mass is 19.1. The van der Waals surface area contributed by atoms with E-state index in [2.05, 4.69) is 9.97 Å². The van der Waals surface area contributed by atoms with E-state index >= 15 is 0 Å². The molecular weight excluding hydrogens is 283 g/mol. The number of rotatable bonds is 2. The van der Waals surface area contributed by atoms with Crippen LogP contribution in [0.15, 0.2) is 12.4 Å². The van der Waals surface area contributed by atoms with Gasteiger partial charge in [0.15, 0.2) is 17.7 Å². The lowest BCUT2D eigenvalue weighted by molar-refractivity contribution is -0.0949. The smallest absolute Gasteiger partial charge is 0.221 e. The monoisotopic (exact) mass is 298 g/mol. The van der Waals surface area contributed by atoms with Crippen molar-refractivity contribution in [1.82, 2.24) is 14.5 Å². The van der Waals surface area contributed by atoms with E-state index in [9.17, 15) is 19.7 Å². The second kappa shape index (κ2) is 4.60. The Balaban J connectivity index is 2.14. The van der Waals surface area contributed by atoms with Crippen molar-refractivity contribution in [3.8, 4) is 0 Å². The average Bonchev–Trinajstić information content (AvgIpc) is 2.86. The number of ether oxygens (including phenoxy) is 1. The summed E-state index contributed by atoms with van der Waals surface area (Å²) in [5.74, 6) is -0.662. The van der Waals surface area contributed by atoms with Crippen molar-refractivity contribution in [1.29, 1.82) is 0 Å². The fourth-order valence-electron chi connectivity index (χ4n) is 2.57. The highest BCUT2D eigenvalue weighted by Crippen LogP contribution is 2.40. The van der Waals surface area contributed by atoms with E-state index in [-0.39, 0.29) is 17.0 Å². The minimum Gasteiger partial charge on any atom is -0.394 e. The van der Waals surface area contributed by atoms with Crippen molar-refractivity contribution in [2.45, 2.75) is 31.0 Å². The van der Waals surface area contributed by atoms with Crippen LogP contribution in [0.3, 0.4) is 0 Å². The first kappa shape index (κ1) is 14.1. The number of hydrogen-bond donors (Lipinski definition) is 4. The molecule has 2 aromatic heterocycles. The molecule has 0 aromatic carbocycles. The minimum absolute atomic E-state index is 0.0567. The van der Waals surface area contributed by atoms with Crippen LogP contribution in [-0.4, -0.2) is 54.3 Å². The van der Waals surface area contributed by atoms with Gasteiger partial charge >= 0.3 is 0 Å². The minimum atomic E-state index is -1.73. The first-order valence-electron chi connectivity index (χ1n) is 6.31. The number of nitrogens with zero attached hydrogens (tertiary/aromatic N) is 3. The Morgan fingerprint density at radius 2 is 2.29 bits per heavy atom. The fourth-order valence-corrected chi connectivity index (χ4v) is 2.57. The van der Waals surface area contributed by atoms with Gasteiger partial charge in [-0.1, -0.05) is 0 Å². The molecule has 3 rings (SSSR count). The van der Waals surface area contributed by atoms with E-state index in [0.29, 0.717) is 0 Å². The van der Waals surface area contributed by atoms with Crippen LogP contribution in [-0.2, 0) is 4.74 Å². The van der Waals surface area contributed by atoms with E-state index in [0.717, 1.165) is 6.20 Å². The topological polar surface area (TPSA) is 127 Å². The second-order valence-electron chi connectivity index (χ2n) is 5.23. The third-order valence-corrected chi connectivity index (χ3v) is 3.73. The molecule has 1 aliphatic rings. The highest BCUT2D eigenvalue weighted by Gasteiger charge is 2.53. The summed E-state index contributed by atoms with van der Waals surface area (Å²) in [4.78, 5) is 7.65. The largest absolute Gasteiger partial charge is 0.394 e. The standard InChI is InChI=1S/C12H15FN4O4/c1-12(20)8(19)7(4-18)21-10(12)17-3-6(13)5-2-15-11(14)16-9(5)17/h2-3,7-8,10,18-20H,4H2,1H3,(H2,14,15,16)/t7-,8-,10-,12-/m1/s1. The molecule has 114 valence electrons. The summed E-state index contributed by atoms with van der Waals surface area (Å²) in [5.41, 5.74) is 3.90. The molecular formula is C12H15FN4O4. The Labute approximate surface area is 118 Å². The summed E-state index contributed by atoms with van der Waals surface area (Å²) in [6.07, 6.45) is -1.11. The SMILES string of the molecule is C[C@@]1(O)[C@H](O)[C@@H](CO)O[C@H]1n1cc(F)c2cnc(N)nc21. The van der Waals surface area contributed by atoms with Gasteiger partial charge in [0.25, 0.3) is 0 Å². The summed E-state index contributed by atoms with van der Waals surface area (Å²) in [5, 5.41) is 29.7. The zero-order valence-electron chi connectivity index (χ0n) is 11.1. The molecule has 8 nitrogen and oxygen atoms in total.